The van der Waals surface area contributed by atoms with Crippen molar-refractivity contribution >= 4 is 0 Å². The first kappa shape index (κ1) is 10.5. The van der Waals surface area contributed by atoms with Crippen molar-refractivity contribution in [3.8, 4) is 11.5 Å². The topological polar surface area (TPSA) is 55.9 Å². The van der Waals surface area contributed by atoms with Crippen molar-refractivity contribution in [2.45, 2.75) is 25.3 Å². The molecule has 2 heterocycles. The third kappa shape index (κ3) is 2.39. The fourth-order valence-corrected chi connectivity index (χ4v) is 1.83. The second-order valence-corrected chi connectivity index (χ2v) is 4.44. The maximum Gasteiger partial charge on any atom is 0.196 e. The first-order chi connectivity index (χ1) is 8.33. The SMILES string of the molecule is Cn1nccc1-c1cnc(CCNC2CC2)o1. The van der Waals surface area contributed by atoms with Crippen LogP contribution in [0.2, 0.25) is 0 Å². The lowest BCUT2D eigenvalue weighted by molar-refractivity contribution is 0.491. The van der Waals surface area contributed by atoms with Gasteiger partial charge in [-0.05, 0) is 18.9 Å². The molecule has 1 saturated carbocycles. The van der Waals surface area contributed by atoms with Crippen molar-refractivity contribution < 1.29 is 4.42 Å². The Bertz CT molecular complexity index is 498. The third-order valence-corrected chi connectivity index (χ3v) is 2.98. The van der Waals surface area contributed by atoms with Crippen LogP contribution in [0.15, 0.2) is 22.9 Å². The number of rotatable bonds is 5. The van der Waals surface area contributed by atoms with Crippen LogP contribution >= 0.6 is 0 Å². The Morgan fingerprint density at radius 3 is 3.12 bits per heavy atom. The van der Waals surface area contributed by atoms with Gasteiger partial charge in [-0.15, -0.1) is 0 Å². The molecule has 1 N–H and O–H groups in total. The predicted molar refractivity (Wildman–Crippen MR) is 63.4 cm³/mol. The molecule has 0 radical (unpaired) electrons. The zero-order valence-corrected chi connectivity index (χ0v) is 9.89. The van der Waals surface area contributed by atoms with E-state index < -0.39 is 0 Å². The standard InChI is InChI=1S/C12H16N4O/c1-16-10(4-7-15-16)11-8-14-12(17-11)5-6-13-9-2-3-9/h4,7-9,13H,2-3,5-6H2,1H3. The van der Waals surface area contributed by atoms with E-state index in [1.54, 1.807) is 17.1 Å². The van der Waals surface area contributed by atoms with Gasteiger partial charge in [0.2, 0.25) is 0 Å². The number of hydrogen-bond donors (Lipinski definition) is 1. The molecule has 2 aromatic rings. The Labute approximate surface area is 99.8 Å². The minimum Gasteiger partial charge on any atom is -0.439 e. The van der Waals surface area contributed by atoms with Crippen molar-refractivity contribution in [2.24, 2.45) is 7.05 Å². The number of aryl methyl sites for hydroxylation is 1. The number of nitrogens with one attached hydrogen (secondary N) is 1. The summed E-state index contributed by atoms with van der Waals surface area (Å²) in [6.45, 7) is 0.940. The molecular formula is C12H16N4O. The summed E-state index contributed by atoms with van der Waals surface area (Å²) in [5.74, 6) is 1.57. The molecule has 0 unspecified atom stereocenters. The average Bonchev–Trinajstić information content (AvgIpc) is 2.85. The Morgan fingerprint density at radius 1 is 1.53 bits per heavy atom. The van der Waals surface area contributed by atoms with Crippen LogP contribution in [0.1, 0.15) is 18.7 Å². The van der Waals surface area contributed by atoms with Gasteiger partial charge in [0.15, 0.2) is 11.7 Å². The summed E-state index contributed by atoms with van der Waals surface area (Å²) >= 11 is 0. The number of aromatic nitrogens is 3. The Morgan fingerprint density at radius 2 is 2.41 bits per heavy atom. The normalized spacial score (nSPS) is 15.4. The average molecular weight is 232 g/mol. The summed E-state index contributed by atoms with van der Waals surface area (Å²) in [5, 5.41) is 7.56. The summed E-state index contributed by atoms with van der Waals surface area (Å²) in [6, 6.07) is 2.66. The summed E-state index contributed by atoms with van der Waals surface area (Å²) < 4.78 is 7.48. The Kier molecular flexibility index (Phi) is 2.68. The highest BCUT2D eigenvalue weighted by atomic mass is 16.4. The molecule has 1 fully saturated rings. The van der Waals surface area contributed by atoms with Gasteiger partial charge in [0.25, 0.3) is 0 Å². The summed E-state index contributed by atoms with van der Waals surface area (Å²) in [5.41, 5.74) is 0.957. The van der Waals surface area contributed by atoms with Crippen molar-refractivity contribution in [1.29, 1.82) is 0 Å². The van der Waals surface area contributed by atoms with Gasteiger partial charge in [0, 0.05) is 32.3 Å². The van der Waals surface area contributed by atoms with E-state index in [1.165, 1.54) is 12.8 Å². The van der Waals surface area contributed by atoms with Crippen LogP contribution in [0.5, 0.6) is 0 Å². The maximum atomic E-state index is 5.70. The van der Waals surface area contributed by atoms with Gasteiger partial charge >= 0.3 is 0 Å². The van der Waals surface area contributed by atoms with E-state index in [0.29, 0.717) is 0 Å². The number of hydrogen-bond acceptors (Lipinski definition) is 4. The van der Waals surface area contributed by atoms with Gasteiger partial charge in [-0.1, -0.05) is 0 Å². The van der Waals surface area contributed by atoms with Crippen LogP contribution in [-0.2, 0) is 13.5 Å². The zero-order valence-electron chi connectivity index (χ0n) is 9.89. The molecule has 90 valence electrons. The molecular weight excluding hydrogens is 216 g/mol. The predicted octanol–water partition coefficient (Wildman–Crippen LogP) is 1.37. The summed E-state index contributed by atoms with van der Waals surface area (Å²) in [6.07, 6.45) is 6.99. The second-order valence-electron chi connectivity index (χ2n) is 4.44. The molecule has 0 bridgehead atoms. The number of oxazole rings is 1. The van der Waals surface area contributed by atoms with E-state index in [-0.39, 0.29) is 0 Å². The Hall–Kier alpha value is -1.62. The van der Waals surface area contributed by atoms with Gasteiger partial charge in [-0.3, -0.25) is 4.68 Å². The van der Waals surface area contributed by atoms with Crippen LogP contribution in [0.4, 0.5) is 0 Å². The maximum absolute atomic E-state index is 5.70. The molecule has 0 spiro atoms. The van der Waals surface area contributed by atoms with Gasteiger partial charge in [0.1, 0.15) is 5.69 Å². The largest absolute Gasteiger partial charge is 0.439 e. The fourth-order valence-electron chi connectivity index (χ4n) is 1.83. The van der Waals surface area contributed by atoms with Crippen LogP contribution in [0.25, 0.3) is 11.5 Å². The summed E-state index contributed by atoms with van der Waals surface area (Å²) in [4.78, 5) is 4.28. The Balaban J connectivity index is 1.63. The highest BCUT2D eigenvalue weighted by molar-refractivity contribution is 5.50. The van der Waals surface area contributed by atoms with E-state index >= 15 is 0 Å². The zero-order chi connectivity index (χ0) is 11.7. The van der Waals surface area contributed by atoms with Crippen molar-refractivity contribution in [2.75, 3.05) is 6.54 Å². The first-order valence-electron chi connectivity index (χ1n) is 5.99. The van der Waals surface area contributed by atoms with Crippen molar-refractivity contribution in [1.82, 2.24) is 20.1 Å². The molecule has 3 rings (SSSR count). The van der Waals surface area contributed by atoms with E-state index in [4.69, 9.17) is 4.42 Å². The van der Waals surface area contributed by atoms with Crippen LogP contribution in [0.3, 0.4) is 0 Å². The van der Waals surface area contributed by atoms with Gasteiger partial charge in [-0.25, -0.2) is 4.98 Å². The molecule has 17 heavy (non-hydrogen) atoms. The molecule has 0 aliphatic heterocycles. The third-order valence-electron chi connectivity index (χ3n) is 2.98. The van der Waals surface area contributed by atoms with Crippen molar-refractivity contribution in [3.63, 3.8) is 0 Å². The monoisotopic (exact) mass is 232 g/mol. The lowest BCUT2D eigenvalue weighted by atomic mass is 10.3. The minimum absolute atomic E-state index is 0.738. The van der Waals surface area contributed by atoms with E-state index in [2.05, 4.69) is 15.4 Å². The van der Waals surface area contributed by atoms with Crippen LogP contribution in [-0.4, -0.2) is 27.4 Å². The summed E-state index contributed by atoms with van der Waals surface area (Å²) in [7, 11) is 1.90. The molecule has 0 amide bonds. The molecule has 0 aromatic carbocycles. The van der Waals surface area contributed by atoms with Crippen molar-refractivity contribution in [3.05, 3.63) is 24.4 Å². The second kappa shape index (κ2) is 4.33. The highest BCUT2D eigenvalue weighted by Gasteiger charge is 2.20. The molecule has 5 nitrogen and oxygen atoms in total. The van der Waals surface area contributed by atoms with Gasteiger partial charge in [0.05, 0.1) is 6.20 Å². The molecule has 0 saturated heterocycles. The smallest absolute Gasteiger partial charge is 0.196 e. The van der Waals surface area contributed by atoms with E-state index in [9.17, 15) is 0 Å². The fraction of sp³-hybridized carbons (Fsp3) is 0.500. The van der Waals surface area contributed by atoms with E-state index in [0.717, 1.165) is 36.4 Å². The van der Waals surface area contributed by atoms with E-state index in [1.807, 2.05) is 13.1 Å². The molecule has 1 aliphatic rings. The van der Waals surface area contributed by atoms with Crippen LogP contribution in [0, 0.1) is 0 Å². The molecule has 2 aromatic heterocycles. The lowest BCUT2D eigenvalue weighted by Crippen LogP contribution is -2.19. The highest BCUT2D eigenvalue weighted by Crippen LogP contribution is 2.20. The molecule has 5 heteroatoms. The quantitative estimate of drug-likeness (QED) is 0.846. The lowest BCUT2D eigenvalue weighted by Gasteiger charge is -1.99. The molecule has 1 aliphatic carbocycles. The van der Waals surface area contributed by atoms with Crippen LogP contribution < -0.4 is 5.32 Å². The van der Waals surface area contributed by atoms with Gasteiger partial charge in [-0.2, -0.15) is 5.10 Å². The molecule has 0 atom stereocenters. The minimum atomic E-state index is 0.738. The first-order valence-corrected chi connectivity index (χ1v) is 5.99. The number of nitrogens with zero attached hydrogens (tertiary/aromatic N) is 3. The van der Waals surface area contributed by atoms with Gasteiger partial charge < -0.3 is 9.73 Å².